The highest BCUT2D eigenvalue weighted by Gasteiger charge is 2.15. The summed E-state index contributed by atoms with van der Waals surface area (Å²) in [5.41, 5.74) is 2.06. The molecule has 0 saturated carbocycles. The van der Waals surface area contributed by atoms with Crippen molar-refractivity contribution in [2.45, 2.75) is 24.6 Å². The smallest absolute Gasteiger partial charge is 0.191 e. The van der Waals surface area contributed by atoms with Crippen LogP contribution in [-0.2, 0) is 6.54 Å². The summed E-state index contributed by atoms with van der Waals surface area (Å²) in [7, 11) is 1.81. The molecule has 3 rings (SSSR count). The summed E-state index contributed by atoms with van der Waals surface area (Å²) in [6.07, 6.45) is 4.62. The molecule has 0 bridgehead atoms. The third-order valence-electron chi connectivity index (χ3n) is 3.85. The van der Waals surface area contributed by atoms with Crippen LogP contribution < -0.4 is 10.6 Å². The molecule has 1 aliphatic rings. The molecule has 5 nitrogen and oxygen atoms in total. The molecule has 0 amide bonds. The zero-order valence-corrected chi connectivity index (χ0v) is 17.0. The molecule has 1 atom stereocenters. The molecule has 130 valence electrons. The Morgan fingerprint density at radius 1 is 1.29 bits per heavy atom. The second-order valence-corrected chi connectivity index (χ2v) is 6.94. The number of guanidine groups is 1. The molecule has 1 fully saturated rings. The number of nitrogens with one attached hydrogen (secondary N) is 2. The van der Waals surface area contributed by atoms with Crippen molar-refractivity contribution in [1.29, 1.82) is 0 Å². The number of nitrogens with zero attached hydrogens (tertiary/aromatic N) is 3. The van der Waals surface area contributed by atoms with Crippen molar-refractivity contribution < 1.29 is 0 Å². The lowest BCUT2D eigenvalue weighted by molar-refractivity contribution is 0.719. The second kappa shape index (κ2) is 9.93. The minimum atomic E-state index is 0. The van der Waals surface area contributed by atoms with Crippen molar-refractivity contribution in [3.05, 3.63) is 48.3 Å². The summed E-state index contributed by atoms with van der Waals surface area (Å²) >= 11 is 2.05. The first kappa shape index (κ1) is 19.1. The van der Waals surface area contributed by atoms with Gasteiger partial charge >= 0.3 is 0 Å². The number of rotatable bonds is 5. The lowest BCUT2D eigenvalue weighted by Crippen LogP contribution is -2.39. The van der Waals surface area contributed by atoms with Crippen LogP contribution in [0.1, 0.15) is 18.5 Å². The van der Waals surface area contributed by atoms with Crippen molar-refractivity contribution in [3.8, 4) is 5.69 Å². The minimum absolute atomic E-state index is 0. The van der Waals surface area contributed by atoms with Gasteiger partial charge in [0.25, 0.3) is 0 Å². The van der Waals surface area contributed by atoms with E-state index in [1.807, 2.05) is 59.0 Å². The van der Waals surface area contributed by atoms with E-state index in [0.717, 1.165) is 23.9 Å². The van der Waals surface area contributed by atoms with Crippen LogP contribution in [0.4, 0.5) is 0 Å². The predicted octanol–water partition coefficient (Wildman–Crippen LogP) is 3.05. The van der Waals surface area contributed by atoms with E-state index < -0.39 is 0 Å². The molecule has 1 aromatic carbocycles. The van der Waals surface area contributed by atoms with Gasteiger partial charge < -0.3 is 10.6 Å². The Morgan fingerprint density at radius 3 is 2.83 bits per heavy atom. The van der Waals surface area contributed by atoms with Crippen molar-refractivity contribution in [1.82, 2.24) is 20.4 Å². The third kappa shape index (κ3) is 5.41. The van der Waals surface area contributed by atoms with E-state index in [4.69, 9.17) is 0 Å². The van der Waals surface area contributed by atoms with Crippen LogP contribution in [0.2, 0.25) is 0 Å². The van der Waals surface area contributed by atoms with Gasteiger partial charge in [-0.2, -0.15) is 16.9 Å². The molecule has 1 aliphatic heterocycles. The first-order valence-electron chi connectivity index (χ1n) is 8.01. The Bertz CT molecular complexity index is 637. The van der Waals surface area contributed by atoms with Crippen LogP contribution in [0.25, 0.3) is 5.69 Å². The van der Waals surface area contributed by atoms with Gasteiger partial charge in [0.1, 0.15) is 0 Å². The molecule has 24 heavy (non-hydrogen) atoms. The number of para-hydroxylation sites is 1. The second-order valence-electron chi connectivity index (χ2n) is 5.53. The van der Waals surface area contributed by atoms with Crippen molar-refractivity contribution in [2.24, 2.45) is 4.99 Å². The molecular weight excluding hydrogens is 433 g/mol. The summed E-state index contributed by atoms with van der Waals surface area (Å²) in [4.78, 5) is 4.28. The lowest BCUT2D eigenvalue weighted by atomic mass is 10.2. The molecule has 0 radical (unpaired) electrons. The fourth-order valence-corrected chi connectivity index (χ4v) is 3.79. The third-order valence-corrected chi connectivity index (χ3v) is 5.24. The number of thioether (sulfide) groups is 1. The van der Waals surface area contributed by atoms with Gasteiger partial charge in [-0.25, -0.2) is 4.68 Å². The molecule has 2 N–H and O–H groups in total. The number of hydrogen-bond donors (Lipinski definition) is 2. The van der Waals surface area contributed by atoms with E-state index in [1.165, 1.54) is 18.6 Å². The number of benzene rings is 1. The van der Waals surface area contributed by atoms with Gasteiger partial charge in [0, 0.05) is 25.0 Å². The number of halogens is 1. The molecule has 2 aromatic rings. The van der Waals surface area contributed by atoms with Crippen LogP contribution in [0, 0.1) is 0 Å². The molecule has 1 aromatic heterocycles. The lowest BCUT2D eigenvalue weighted by Gasteiger charge is -2.14. The summed E-state index contributed by atoms with van der Waals surface area (Å²) < 4.78 is 1.89. The van der Waals surface area contributed by atoms with E-state index in [1.54, 1.807) is 7.05 Å². The quantitative estimate of drug-likeness (QED) is 0.412. The Hall–Kier alpha value is -1.22. The van der Waals surface area contributed by atoms with Gasteiger partial charge in [0.2, 0.25) is 0 Å². The Morgan fingerprint density at radius 2 is 2.12 bits per heavy atom. The standard InChI is InChI=1S/C17H23N5S.HI/c1-18-17(20-13-16-8-5-11-23-16)19-12-14-9-10-22(21-14)15-6-3-2-4-7-15;/h2-4,6-7,9-10,16H,5,8,11-13H2,1H3,(H2,18,19,20);1H. The van der Waals surface area contributed by atoms with Gasteiger partial charge in [0.05, 0.1) is 17.9 Å². The first-order valence-corrected chi connectivity index (χ1v) is 9.06. The molecule has 1 saturated heterocycles. The van der Waals surface area contributed by atoms with Crippen LogP contribution in [0.15, 0.2) is 47.6 Å². The van der Waals surface area contributed by atoms with Gasteiger partial charge in [-0.3, -0.25) is 4.99 Å². The highest BCUT2D eigenvalue weighted by Crippen LogP contribution is 2.25. The van der Waals surface area contributed by atoms with Crippen molar-refractivity contribution in [2.75, 3.05) is 19.3 Å². The van der Waals surface area contributed by atoms with E-state index >= 15 is 0 Å². The normalized spacial score (nSPS) is 17.4. The maximum atomic E-state index is 4.59. The highest BCUT2D eigenvalue weighted by atomic mass is 127. The molecule has 1 unspecified atom stereocenters. The fraction of sp³-hybridized carbons (Fsp3) is 0.412. The molecule has 2 heterocycles. The van der Waals surface area contributed by atoms with Gasteiger partial charge in [-0.05, 0) is 36.8 Å². The number of hydrogen-bond acceptors (Lipinski definition) is 3. The molecule has 7 heteroatoms. The maximum Gasteiger partial charge on any atom is 0.191 e. The van der Waals surface area contributed by atoms with Crippen LogP contribution >= 0.6 is 35.7 Å². The van der Waals surface area contributed by atoms with Gasteiger partial charge in [-0.15, -0.1) is 24.0 Å². The van der Waals surface area contributed by atoms with E-state index in [2.05, 4.69) is 20.7 Å². The van der Waals surface area contributed by atoms with Crippen LogP contribution in [0.3, 0.4) is 0 Å². The van der Waals surface area contributed by atoms with Crippen LogP contribution in [0.5, 0.6) is 0 Å². The topological polar surface area (TPSA) is 54.2 Å². The largest absolute Gasteiger partial charge is 0.355 e. The first-order chi connectivity index (χ1) is 11.3. The average Bonchev–Trinajstić information content (AvgIpc) is 3.27. The fourth-order valence-electron chi connectivity index (χ4n) is 2.59. The zero-order valence-electron chi connectivity index (χ0n) is 13.8. The number of aromatic nitrogens is 2. The van der Waals surface area contributed by atoms with E-state index in [-0.39, 0.29) is 24.0 Å². The van der Waals surface area contributed by atoms with Gasteiger partial charge in [0.15, 0.2) is 5.96 Å². The Balaban J connectivity index is 0.00000208. The number of aliphatic imine (C=N–C) groups is 1. The summed E-state index contributed by atoms with van der Waals surface area (Å²) in [6, 6.07) is 12.2. The summed E-state index contributed by atoms with van der Waals surface area (Å²) in [5, 5.41) is 12.0. The monoisotopic (exact) mass is 457 g/mol. The minimum Gasteiger partial charge on any atom is -0.355 e. The Kier molecular flexibility index (Phi) is 7.90. The van der Waals surface area contributed by atoms with Crippen LogP contribution in [-0.4, -0.2) is 40.3 Å². The Labute approximate surface area is 164 Å². The molecular formula is C17H24IN5S. The predicted molar refractivity (Wildman–Crippen MR) is 113 cm³/mol. The molecule has 0 spiro atoms. The van der Waals surface area contributed by atoms with E-state index in [9.17, 15) is 0 Å². The van der Waals surface area contributed by atoms with E-state index in [0.29, 0.717) is 11.8 Å². The zero-order chi connectivity index (χ0) is 15.9. The molecule has 0 aliphatic carbocycles. The van der Waals surface area contributed by atoms with Crippen molar-refractivity contribution >= 4 is 41.7 Å². The average molecular weight is 457 g/mol. The maximum absolute atomic E-state index is 4.59. The SMILES string of the molecule is CN=C(NCc1ccn(-c2ccccc2)n1)NCC1CCCS1.I. The highest BCUT2D eigenvalue weighted by molar-refractivity contribution is 14.0. The summed E-state index contributed by atoms with van der Waals surface area (Å²) in [6.45, 7) is 1.64. The summed E-state index contributed by atoms with van der Waals surface area (Å²) in [5.74, 6) is 2.13. The van der Waals surface area contributed by atoms with Crippen molar-refractivity contribution in [3.63, 3.8) is 0 Å². The van der Waals surface area contributed by atoms with Gasteiger partial charge in [-0.1, -0.05) is 18.2 Å².